The predicted molar refractivity (Wildman–Crippen MR) is 105 cm³/mol. The van der Waals surface area contributed by atoms with E-state index in [2.05, 4.69) is 0 Å². The Kier molecular flexibility index (Phi) is 4.47. The molecular formula is C23H19NO3. The van der Waals surface area contributed by atoms with Crippen LogP contribution in [0.4, 0.5) is 5.69 Å². The van der Waals surface area contributed by atoms with Gasteiger partial charge in [-0.05, 0) is 42.3 Å². The SMILES string of the molecule is CCOC(=O)c1ccc(N2Cc3ccccc3C2=O)c(-c2ccccc2)c1. The number of fused-ring (bicyclic) bond motifs is 1. The fourth-order valence-corrected chi connectivity index (χ4v) is 3.41. The van der Waals surface area contributed by atoms with Gasteiger partial charge in [0, 0.05) is 11.1 Å². The zero-order chi connectivity index (χ0) is 18.8. The number of benzene rings is 3. The molecule has 27 heavy (non-hydrogen) atoms. The van der Waals surface area contributed by atoms with Crippen molar-refractivity contribution in [1.29, 1.82) is 0 Å². The van der Waals surface area contributed by atoms with Crippen LogP contribution in [0, 0.1) is 0 Å². The van der Waals surface area contributed by atoms with E-state index in [0.717, 1.165) is 27.9 Å². The van der Waals surface area contributed by atoms with Gasteiger partial charge in [0.05, 0.1) is 24.4 Å². The molecule has 0 saturated carbocycles. The van der Waals surface area contributed by atoms with Crippen LogP contribution in [0.2, 0.25) is 0 Å². The Labute approximate surface area is 158 Å². The van der Waals surface area contributed by atoms with Crippen molar-refractivity contribution in [3.8, 4) is 11.1 Å². The quantitative estimate of drug-likeness (QED) is 0.636. The summed E-state index contributed by atoms with van der Waals surface area (Å²) in [6, 6.07) is 22.8. The zero-order valence-corrected chi connectivity index (χ0v) is 15.0. The molecule has 134 valence electrons. The van der Waals surface area contributed by atoms with Crippen LogP contribution in [0.5, 0.6) is 0 Å². The average molecular weight is 357 g/mol. The van der Waals surface area contributed by atoms with Crippen molar-refractivity contribution in [3.63, 3.8) is 0 Å². The highest BCUT2D eigenvalue weighted by atomic mass is 16.5. The van der Waals surface area contributed by atoms with Crippen LogP contribution in [0.15, 0.2) is 72.8 Å². The number of anilines is 1. The number of hydrogen-bond donors (Lipinski definition) is 0. The van der Waals surface area contributed by atoms with Gasteiger partial charge in [0.1, 0.15) is 0 Å². The Balaban J connectivity index is 1.81. The van der Waals surface area contributed by atoms with E-state index in [1.165, 1.54) is 0 Å². The molecule has 1 amide bonds. The van der Waals surface area contributed by atoms with Crippen LogP contribution in [0.25, 0.3) is 11.1 Å². The van der Waals surface area contributed by atoms with Crippen LogP contribution in [0.1, 0.15) is 33.2 Å². The van der Waals surface area contributed by atoms with E-state index >= 15 is 0 Å². The third-order valence-corrected chi connectivity index (χ3v) is 4.70. The van der Waals surface area contributed by atoms with Crippen LogP contribution in [-0.4, -0.2) is 18.5 Å². The highest BCUT2D eigenvalue weighted by Crippen LogP contribution is 2.36. The van der Waals surface area contributed by atoms with Crippen molar-refractivity contribution >= 4 is 17.6 Å². The fraction of sp³-hybridized carbons (Fsp3) is 0.130. The molecule has 0 unspecified atom stereocenters. The number of carbonyl (C=O) groups excluding carboxylic acids is 2. The van der Waals surface area contributed by atoms with E-state index in [1.54, 1.807) is 24.0 Å². The maximum absolute atomic E-state index is 12.9. The van der Waals surface area contributed by atoms with Crippen molar-refractivity contribution in [2.45, 2.75) is 13.5 Å². The van der Waals surface area contributed by atoms with Crippen molar-refractivity contribution in [1.82, 2.24) is 0 Å². The van der Waals surface area contributed by atoms with Crippen LogP contribution < -0.4 is 4.90 Å². The highest BCUT2D eigenvalue weighted by Gasteiger charge is 2.30. The maximum atomic E-state index is 12.9. The Hall–Kier alpha value is -3.40. The minimum atomic E-state index is -0.364. The standard InChI is InChI=1S/C23H19NO3/c1-2-27-23(26)17-12-13-21(20(14-17)16-8-4-3-5-9-16)24-15-18-10-6-7-11-19(18)22(24)25/h3-14H,2,15H2,1H3. The number of amides is 1. The molecule has 1 aliphatic heterocycles. The molecule has 1 heterocycles. The molecule has 0 N–H and O–H groups in total. The second-order valence-electron chi connectivity index (χ2n) is 6.37. The van der Waals surface area contributed by atoms with E-state index in [9.17, 15) is 9.59 Å². The number of carbonyl (C=O) groups is 2. The van der Waals surface area contributed by atoms with Gasteiger partial charge in [-0.2, -0.15) is 0 Å². The summed E-state index contributed by atoms with van der Waals surface area (Å²) < 4.78 is 5.14. The van der Waals surface area contributed by atoms with E-state index in [1.807, 2.05) is 60.7 Å². The minimum Gasteiger partial charge on any atom is -0.462 e. The largest absolute Gasteiger partial charge is 0.462 e. The first-order chi connectivity index (χ1) is 13.2. The summed E-state index contributed by atoms with van der Waals surface area (Å²) in [6.45, 7) is 2.62. The molecule has 0 bridgehead atoms. The summed E-state index contributed by atoms with van der Waals surface area (Å²) in [7, 11) is 0. The van der Waals surface area contributed by atoms with Gasteiger partial charge < -0.3 is 9.64 Å². The van der Waals surface area contributed by atoms with Crippen molar-refractivity contribution in [3.05, 3.63) is 89.5 Å². The molecule has 4 nitrogen and oxygen atoms in total. The lowest BCUT2D eigenvalue weighted by molar-refractivity contribution is 0.0526. The number of ether oxygens (including phenoxy) is 1. The molecule has 4 heteroatoms. The van der Waals surface area contributed by atoms with Crippen LogP contribution >= 0.6 is 0 Å². The third kappa shape index (κ3) is 3.10. The molecule has 3 aromatic carbocycles. The second kappa shape index (κ2) is 7.08. The monoisotopic (exact) mass is 357 g/mol. The van der Waals surface area contributed by atoms with Crippen molar-refractivity contribution < 1.29 is 14.3 Å². The van der Waals surface area contributed by atoms with Gasteiger partial charge >= 0.3 is 5.97 Å². The van der Waals surface area contributed by atoms with Gasteiger partial charge in [-0.1, -0.05) is 48.5 Å². The lowest BCUT2D eigenvalue weighted by atomic mass is 10.00. The zero-order valence-electron chi connectivity index (χ0n) is 15.0. The summed E-state index contributed by atoms with van der Waals surface area (Å²) in [5.74, 6) is -0.385. The summed E-state index contributed by atoms with van der Waals surface area (Å²) in [4.78, 5) is 26.9. The van der Waals surface area contributed by atoms with E-state index in [0.29, 0.717) is 18.7 Å². The average Bonchev–Trinajstić information content (AvgIpc) is 3.05. The van der Waals surface area contributed by atoms with Gasteiger partial charge in [-0.25, -0.2) is 4.79 Å². The molecule has 0 saturated heterocycles. The Morgan fingerprint density at radius 1 is 0.963 bits per heavy atom. The molecule has 0 spiro atoms. The Morgan fingerprint density at radius 3 is 2.44 bits per heavy atom. The first-order valence-electron chi connectivity index (χ1n) is 8.95. The smallest absolute Gasteiger partial charge is 0.338 e. The number of nitrogens with zero attached hydrogens (tertiary/aromatic N) is 1. The molecule has 1 aliphatic rings. The molecule has 0 radical (unpaired) electrons. The summed E-state index contributed by atoms with van der Waals surface area (Å²) in [6.07, 6.45) is 0. The van der Waals surface area contributed by atoms with E-state index < -0.39 is 0 Å². The molecule has 0 aromatic heterocycles. The molecule has 0 aliphatic carbocycles. The molecule has 4 rings (SSSR count). The van der Waals surface area contributed by atoms with Gasteiger partial charge in [0.25, 0.3) is 5.91 Å². The maximum Gasteiger partial charge on any atom is 0.338 e. The van der Waals surface area contributed by atoms with Crippen LogP contribution in [0.3, 0.4) is 0 Å². The topological polar surface area (TPSA) is 46.6 Å². The lowest BCUT2D eigenvalue weighted by Gasteiger charge is -2.21. The van der Waals surface area contributed by atoms with Crippen molar-refractivity contribution in [2.24, 2.45) is 0 Å². The molecule has 3 aromatic rings. The summed E-state index contributed by atoms with van der Waals surface area (Å²) >= 11 is 0. The number of rotatable bonds is 4. The number of esters is 1. The normalized spacial score (nSPS) is 12.8. The van der Waals surface area contributed by atoms with E-state index in [4.69, 9.17) is 4.74 Å². The second-order valence-corrected chi connectivity index (χ2v) is 6.37. The third-order valence-electron chi connectivity index (χ3n) is 4.70. The van der Waals surface area contributed by atoms with E-state index in [-0.39, 0.29) is 11.9 Å². The Bertz CT molecular complexity index is 1010. The lowest BCUT2D eigenvalue weighted by Crippen LogP contribution is -2.24. The van der Waals surface area contributed by atoms with Gasteiger partial charge in [-0.3, -0.25) is 4.79 Å². The van der Waals surface area contributed by atoms with Gasteiger partial charge in [-0.15, -0.1) is 0 Å². The van der Waals surface area contributed by atoms with Crippen LogP contribution in [-0.2, 0) is 11.3 Å². The highest BCUT2D eigenvalue weighted by molar-refractivity contribution is 6.12. The van der Waals surface area contributed by atoms with Gasteiger partial charge in [0.15, 0.2) is 0 Å². The minimum absolute atomic E-state index is 0.0216. The fourth-order valence-electron chi connectivity index (χ4n) is 3.41. The Morgan fingerprint density at radius 2 is 1.70 bits per heavy atom. The first-order valence-corrected chi connectivity index (χ1v) is 8.95. The molecule has 0 atom stereocenters. The number of hydrogen-bond acceptors (Lipinski definition) is 3. The molecule has 0 fully saturated rings. The first kappa shape index (κ1) is 17.0. The van der Waals surface area contributed by atoms with Crippen molar-refractivity contribution in [2.75, 3.05) is 11.5 Å². The summed E-state index contributed by atoms with van der Waals surface area (Å²) in [5, 5.41) is 0. The van der Waals surface area contributed by atoms with Gasteiger partial charge in [0.2, 0.25) is 0 Å². The summed E-state index contributed by atoms with van der Waals surface area (Å²) in [5.41, 5.74) is 4.78. The predicted octanol–water partition coefficient (Wildman–Crippen LogP) is 4.69. The molecular weight excluding hydrogens is 338 g/mol.